The molecule has 0 aliphatic carbocycles. The van der Waals surface area contributed by atoms with Crippen LogP contribution in [-0.4, -0.2) is 35.0 Å². The highest BCUT2D eigenvalue weighted by Crippen LogP contribution is 2.34. The first kappa shape index (κ1) is 14.9. The van der Waals surface area contributed by atoms with Gasteiger partial charge in [0.25, 0.3) is 0 Å². The number of amides is 1. The highest BCUT2D eigenvalue weighted by Gasteiger charge is 2.21. The highest BCUT2D eigenvalue weighted by molar-refractivity contribution is 9.09. The molecule has 1 atom stereocenters. The largest absolute Gasteiger partial charge is 0.342 e. The zero-order chi connectivity index (χ0) is 13.5. The van der Waals surface area contributed by atoms with Gasteiger partial charge < -0.3 is 4.90 Å². The minimum Gasteiger partial charge on any atom is -0.342 e. The summed E-state index contributed by atoms with van der Waals surface area (Å²) in [6.45, 7) is 1.79. The van der Waals surface area contributed by atoms with E-state index in [-0.39, 0.29) is 0 Å². The fourth-order valence-corrected chi connectivity index (χ4v) is 3.84. The summed E-state index contributed by atoms with van der Waals surface area (Å²) in [5.74, 6) is 1.35. The fourth-order valence-electron chi connectivity index (χ4n) is 2.33. The highest BCUT2D eigenvalue weighted by atomic mass is 79.9. The maximum Gasteiger partial charge on any atom is 0.222 e. The van der Waals surface area contributed by atoms with Crippen molar-refractivity contribution in [3.8, 4) is 0 Å². The van der Waals surface area contributed by atoms with Crippen molar-refractivity contribution in [2.45, 2.75) is 24.5 Å². The van der Waals surface area contributed by atoms with Crippen molar-refractivity contribution < 1.29 is 4.79 Å². The lowest BCUT2D eigenvalue weighted by atomic mass is 10.1. The second kappa shape index (κ2) is 7.95. The molecule has 0 spiro atoms. The quantitative estimate of drug-likeness (QED) is 0.775. The number of nitrogens with zero attached hydrogens (tertiary/aromatic N) is 1. The van der Waals surface area contributed by atoms with Crippen molar-refractivity contribution in [1.82, 2.24) is 4.90 Å². The van der Waals surface area contributed by atoms with Gasteiger partial charge in [0.05, 0.1) is 0 Å². The van der Waals surface area contributed by atoms with Crippen LogP contribution in [0.1, 0.15) is 30.1 Å². The van der Waals surface area contributed by atoms with Gasteiger partial charge in [-0.1, -0.05) is 46.3 Å². The van der Waals surface area contributed by atoms with Gasteiger partial charge in [0.2, 0.25) is 5.91 Å². The molecule has 2 rings (SSSR count). The predicted octanol–water partition coefficient (Wildman–Crippen LogP) is 3.87. The Balaban J connectivity index is 1.89. The Hall–Kier alpha value is -0.480. The molecule has 1 fully saturated rings. The molecular formula is C15H20BrNOS. The minimum absolute atomic E-state index is 0.314. The van der Waals surface area contributed by atoms with Crippen LogP contribution < -0.4 is 0 Å². The van der Waals surface area contributed by atoms with Crippen LogP contribution in [0.5, 0.6) is 0 Å². The van der Waals surface area contributed by atoms with Gasteiger partial charge in [0.15, 0.2) is 0 Å². The summed E-state index contributed by atoms with van der Waals surface area (Å²) in [5.41, 5.74) is 1.39. The first-order chi connectivity index (χ1) is 9.31. The molecule has 0 N–H and O–H groups in total. The first-order valence-corrected chi connectivity index (χ1v) is 8.98. The van der Waals surface area contributed by atoms with Crippen LogP contribution in [0.4, 0.5) is 0 Å². The third kappa shape index (κ3) is 4.53. The SMILES string of the molecule is O=C(CCCBr)N1CCSC(c2ccccc2)CC1. The van der Waals surface area contributed by atoms with Crippen LogP contribution in [0.15, 0.2) is 30.3 Å². The monoisotopic (exact) mass is 341 g/mol. The molecule has 104 valence electrons. The molecule has 1 aliphatic heterocycles. The van der Waals surface area contributed by atoms with E-state index in [2.05, 4.69) is 46.3 Å². The van der Waals surface area contributed by atoms with E-state index >= 15 is 0 Å². The number of rotatable bonds is 4. The maximum absolute atomic E-state index is 12.0. The molecular weight excluding hydrogens is 322 g/mol. The topological polar surface area (TPSA) is 20.3 Å². The van der Waals surface area contributed by atoms with Crippen molar-refractivity contribution in [1.29, 1.82) is 0 Å². The number of carbonyl (C=O) groups excluding carboxylic acids is 1. The Kier molecular flexibility index (Phi) is 6.24. The summed E-state index contributed by atoms with van der Waals surface area (Å²) >= 11 is 5.36. The van der Waals surface area contributed by atoms with Gasteiger partial charge in [-0.05, 0) is 18.4 Å². The van der Waals surface area contributed by atoms with Crippen LogP contribution in [-0.2, 0) is 4.79 Å². The summed E-state index contributed by atoms with van der Waals surface area (Å²) in [5, 5.41) is 1.45. The van der Waals surface area contributed by atoms with E-state index in [0.29, 0.717) is 17.6 Å². The molecule has 1 amide bonds. The van der Waals surface area contributed by atoms with Gasteiger partial charge in [-0.15, -0.1) is 0 Å². The van der Waals surface area contributed by atoms with E-state index in [0.717, 1.165) is 37.0 Å². The van der Waals surface area contributed by atoms with Crippen LogP contribution in [0.3, 0.4) is 0 Å². The van der Waals surface area contributed by atoms with Gasteiger partial charge in [0.1, 0.15) is 0 Å². The van der Waals surface area contributed by atoms with E-state index in [1.54, 1.807) is 0 Å². The number of halogens is 1. The third-order valence-electron chi connectivity index (χ3n) is 3.39. The normalized spacial score (nSPS) is 20.1. The smallest absolute Gasteiger partial charge is 0.222 e. The lowest BCUT2D eigenvalue weighted by molar-refractivity contribution is -0.130. The Morgan fingerprint density at radius 2 is 2.11 bits per heavy atom. The van der Waals surface area contributed by atoms with E-state index in [4.69, 9.17) is 0 Å². The molecule has 1 saturated heterocycles. The lowest BCUT2D eigenvalue weighted by Crippen LogP contribution is -2.32. The lowest BCUT2D eigenvalue weighted by Gasteiger charge is -2.20. The van der Waals surface area contributed by atoms with Crippen molar-refractivity contribution in [3.05, 3.63) is 35.9 Å². The molecule has 2 nitrogen and oxygen atoms in total. The third-order valence-corrected chi connectivity index (χ3v) is 5.28. The molecule has 1 aliphatic rings. The Morgan fingerprint density at radius 3 is 2.84 bits per heavy atom. The summed E-state index contributed by atoms with van der Waals surface area (Å²) < 4.78 is 0. The van der Waals surface area contributed by atoms with E-state index < -0.39 is 0 Å². The molecule has 4 heteroatoms. The Bertz CT molecular complexity index is 398. The summed E-state index contributed by atoms with van der Waals surface area (Å²) in [4.78, 5) is 14.1. The standard InChI is InChI=1S/C15H20BrNOS/c16-9-4-7-15(18)17-10-8-14(19-12-11-17)13-5-2-1-3-6-13/h1-3,5-6,14H,4,7-12H2. The summed E-state index contributed by atoms with van der Waals surface area (Å²) in [7, 11) is 0. The number of alkyl halides is 1. The minimum atomic E-state index is 0.314. The second-order valence-electron chi connectivity index (χ2n) is 4.73. The van der Waals surface area contributed by atoms with Gasteiger partial charge in [-0.3, -0.25) is 4.79 Å². The van der Waals surface area contributed by atoms with Crippen LogP contribution in [0.2, 0.25) is 0 Å². The summed E-state index contributed by atoms with van der Waals surface area (Å²) in [6.07, 6.45) is 2.67. The average Bonchev–Trinajstić information content (AvgIpc) is 2.71. The number of benzene rings is 1. The summed E-state index contributed by atoms with van der Waals surface area (Å²) in [6, 6.07) is 10.6. The Labute approximate surface area is 128 Å². The predicted molar refractivity (Wildman–Crippen MR) is 85.9 cm³/mol. The van der Waals surface area contributed by atoms with Gasteiger partial charge in [-0.2, -0.15) is 11.8 Å². The number of hydrogen-bond acceptors (Lipinski definition) is 2. The number of thioether (sulfide) groups is 1. The van der Waals surface area contributed by atoms with Gasteiger partial charge in [-0.25, -0.2) is 0 Å². The van der Waals surface area contributed by atoms with E-state index in [1.165, 1.54) is 5.56 Å². The molecule has 1 unspecified atom stereocenters. The van der Waals surface area contributed by atoms with Crippen LogP contribution in [0.25, 0.3) is 0 Å². The van der Waals surface area contributed by atoms with Gasteiger partial charge in [0, 0.05) is 35.8 Å². The molecule has 1 aromatic rings. The molecule has 0 bridgehead atoms. The fraction of sp³-hybridized carbons (Fsp3) is 0.533. The number of hydrogen-bond donors (Lipinski definition) is 0. The molecule has 1 heterocycles. The molecule has 0 aromatic heterocycles. The number of carbonyl (C=O) groups is 1. The van der Waals surface area contributed by atoms with Crippen LogP contribution in [0, 0.1) is 0 Å². The van der Waals surface area contributed by atoms with Crippen molar-refractivity contribution in [2.24, 2.45) is 0 Å². The van der Waals surface area contributed by atoms with Crippen LogP contribution >= 0.6 is 27.7 Å². The van der Waals surface area contributed by atoms with Crippen molar-refractivity contribution in [3.63, 3.8) is 0 Å². The zero-order valence-electron chi connectivity index (χ0n) is 11.1. The molecule has 19 heavy (non-hydrogen) atoms. The molecule has 1 aromatic carbocycles. The maximum atomic E-state index is 12.0. The Morgan fingerprint density at radius 1 is 1.32 bits per heavy atom. The van der Waals surface area contributed by atoms with Crippen molar-refractivity contribution >= 4 is 33.6 Å². The van der Waals surface area contributed by atoms with Gasteiger partial charge >= 0.3 is 0 Å². The second-order valence-corrected chi connectivity index (χ2v) is 6.84. The zero-order valence-corrected chi connectivity index (χ0v) is 13.5. The molecule has 0 radical (unpaired) electrons. The van der Waals surface area contributed by atoms with E-state index in [1.807, 2.05) is 16.7 Å². The first-order valence-electron chi connectivity index (χ1n) is 6.81. The molecule has 0 saturated carbocycles. The average molecular weight is 342 g/mol. The van der Waals surface area contributed by atoms with Crippen molar-refractivity contribution in [2.75, 3.05) is 24.2 Å². The van der Waals surface area contributed by atoms with E-state index in [9.17, 15) is 4.79 Å².